The fraction of sp³-hybridized carbons (Fsp3) is 0.217. The lowest BCUT2D eigenvalue weighted by atomic mass is 10.1. The standard InChI is InChI=1S/C23H25NO2/c1-17-12-13-21(14-18(17)2)24-15-20-10-7-11-22(25-3)23(20)26-16-19-8-5-4-6-9-19/h4-14,24H,15-16H2,1-3H3. The van der Waals surface area contributed by atoms with Gasteiger partial charge in [0.2, 0.25) is 0 Å². The molecule has 0 atom stereocenters. The van der Waals surface area contributed by atoms with Crippen molar-refractivity contribution in [2.75, 3.05) is 12.4 Å². The molecule has 0 aromatic heterocycles. The first-order valence-electron chi connectivity index (χ1n) is 8.81. The van der Waals surface area contributed by atoms with Crippen LogP contribution in [-0.2, 0) is 13.2 Å². The molecule has 0 aliphatic carbocycles. The third-order valence-corrected chi connectivity index (χ3v) is 4.50. The summed E-state index contributed by atoms with van der Waals surface area (Å²) in [6.07, 6.45) is 0. The van der Waals surface area contributed by atoms with E-state index in [-0.39, 0.29) is 0 Å². The van der Waals surface area contributed by atoms with Crippen LogP contribution in [0.5, 0.6) is 11.5 Å². The van der Waals surface area contributed by atoms with Gasteiger partial charge in [-0.3, -0.25) is 0 Å². The van der Waals surface area contributed by atoms with Gasteiger partial charge in [0.1, 0.15) is 6.61 Å². The van der Waals surface area contributed by atoms with E-state index >= 15 is 0 Å². The summed E-state index contributed by atoms with van der Waals surface area (Å²) in [7, 11) is 1.67. The fourth-order valence-electron chi connectivity index (χ4n) is 2.80. The highest BCUT2D eigenvalue weighted by atomic mass is 16.5. The maximum Gasteiger partial charge on any atom is 0.166 e. The molecule has 0 fully saturated rings. The minimum absolute atomic E-state index is 0.512. The average Bonchev–Trinajstić information content (AvgIpc) is 2.68. The van der Waals surface area contributed by atoms with Crippen molar-refractivity contribution in [1.82, 2.24) is 0 Å². The number of rotatable bonds is 7. The van der Waals surface area contributed by atoms with Crippen LogP contribution in [0.4, 0.5) is 5.69 Å². The van der Waals surface area contributed by atoms with Crippen LogP contribution in [0.3, 0.4) is 0 Å². The van der Waals surface area contributed by atoms with Gasteiger partial charge in [0.25, 0.3) is 0 Å². The quantitative estimate of drug-likeness (QED) is 0.612. The Kier molecular flexibility index (Phi) is 5.80. The summed E-state index contributed by atoms with van der Waals surface area (Å²) in [5.74, 6) is 1.54. The number of benzene rings is 3. The van der Waals surface area contributed by atoms with E-state index in [9.17, 15) is 0 Å². The molecule has 0 saturated carbocycles. The minimum atomic E-state index is 0.512. The number of hydrogen-bond donors (Lipinski definition) is 1. The molecular formula is C23H25NO2. The summed E-state index contributed by atoms with van der Waals surface area (Å²) in [6, 6.07) is 22.5. The zero-order valence-corrected chi connectivity index (χ0v) is 15.6. The van der Waals surface area contributed by atoms with E-state index < -0.39 is 0 Å². The van der Waals surface area contributed by atoms with E-state index in [2.05, 4.69) is 55.6 Å². The van der Waals surface area contributed by atoms with Crippen molar-refractivity contribution in [3.8, 4) is 11.5 Å². The molecule has 0 radical (unpaired) electrons. The van der Waals surface area contributed by atoms with Crippen molar-refractivity contribution in [3.05, 3.63) is 89.0 Å². The molecule has 0 heterocycles. The Bertz CT molecular complexity index is 859. The number of hydrogen-bond acceptors (Lipinski definition) is 3. The van der Waals surface area contributed by atoms with Gasteiger partial charge in [-0.2, -0.15) is 0 Å². The fourth-order valence-corrected chi connectivity index (χ4v) is 2.80. The minimum Gasteiger partial charge on any atom is -0.493 e. The zero-order chi connectivity index (χ0) is 18.4. The van der Waals surface area contributed by atoms with Crippen molar-refractivity contribution in [3.63, 3.8) is 0 Å². The van der Waals surface area contributed by atoms with Crippen LogP contribution in [0.25, 0.3) is 0 Å². The third kappa shape index (κ3) is 4.37. The monoisotopic (exact) mass is 347 g/mol. The van der Waals surface area contributed by atoms with Crippen molar-refractivity contribution in [1.29, 1.82) is 0 Å². The van der Waals surface area contributed by atoms with Gasteiger partial charge in [0, 0.05) is 17.8 Å². The van der Waals surface area contributed by atoms with Crippen molar-refractivity contribution in [2.24, 2.45) is 0 Å². The van der Waals surface area contributed by atoms with Crippen LogP contribution < -0.4 is 14.8 Å². The molecule has 3 heteroatoms. The summed E-state index contributed by atoms with van der Waals surface area (Å²) < 4.78 is 11.6. The predicted octanol–water partition coefficient (Wildman–Crippen LogP) is 5.50. The van der Waals surface area contributed by atoms with Crippen LogP contribution in [0, 0.1) is 13.8 Å². The second-order valence-corrected chi connectivity index (χ2v) is 6.38. The number of aryl methyl sites for hydroxylation is 2. The van der Waals surface area contributed by atoms with E-state index in [4.69, 9.17) is 9.47 Å². The Morgan fingerprint density at radius 1 is 0.846 bits per heavy atom. The van der Waals surface area contributed by atoms with Gasteiger partial charge in [-0.05, 0) is 48.7 Å². The van der Waals surface area contributed by atoms with Crippen molar-refractivity contribution < 1.29 is 9.47 Å². The maximum atomic E-state index is 6.11. The highest BCUT2D eigenvalue weighted by Crippen LogP contribution is 2.32. The highest BCUT2D eigenvalue weighted by Gasteiger charge is 2.11. The van der Waals surface area contributed by atoms with Gasteiger partial charge in [0.15, 0.2) is 11.5 Å². The molecule has 0 aliphatic heterocycles. The average molecular weight is 347 g/mol. The van der Waals surface area contributed by atoms with Gasteiger partial charge in [-0.15, -0.1) is 0 Å². The van der Waals surface area contributed by atoms with Gasteiger partial charge >= 0.3 is 0 Å². The number of methoxy groups -OCH3 is 1. The Morgan fingerprint density at radius 2 is 1.65 bits per heavy atom. The SMILES string of the molecule is COc1cccc(CNc2ccc(C)c(C)c2)c1OCc1ccccc1. The molecule has 0 bridgehead atoms. The van der Waals surface area contributed by atoms with E-state index in [1.165, 1.54) is 11.1 Å². The Labute approximate surface area is 155 Å². The summed E-state index contributed by atoms with van der Waals surface area (Å²) in [4.78, 5) is 0. The molecule has 3 aromatic rings. The number of para-hydroxylation sites is 1. The zero-order valence-electron chi connectivity index (χ0n) is 15.6. The first kappa shape index (κ1) is 17.9. The highest BCUT2D eigenvalue weighted by molar-refractivity contribution is 5.52. The molecule has 3 nitrogen and oxygen atoms in total. The van der Waals surface area contributed by atoms with Gasteiger partial charge in [-0.1, -0.05) is 48.5 Å². The third-order valence-electron chi connectivity index (χ3n) is 4.50. The van der Waals surface area contributed by atoms with E-state index in [1.807, 2.05) is 30.3 Å². The second kappa shape index (κ2) is 8.43. The van der Waals surface area contributed by atoms with E-state index in [0.29, 0.717) is 13.2 Å². The number of nitrogens with one attached hydrogen (secondary N) is 1. The molecule has 0 amide bonds. The van der Waals surface area contributed by atoms with Crippen LogP contribution in [0.1, 0.15) is 22.3 Å². The van der Waals surface area contributed by atoms with Gasteiger partial charge < -0.3 is 14.8 Å². The first-order valence-corrected chi connectivity index (χ1v) is 8.81. The molecule has 0 saturated heterocycles. The Morgan fingerprint density at radius 3 is 2.38 bits per heavy atom. The number of ether oxygens (including phenoxy) is 2. The molecule has 3 aromatic carbocycles. The first-order chi connectivity index (χ1) is 12.7. The molecule has 0 unspecified atom stereocenters. The van der Waals surface area contributed by atoms with E-state index in [0.717, 1.165) is 28.3 Å². The van der Waals surface area contributed by atoms with Crippen LogP contribution >= 0.6 is 0 Å². The summed E-state index contributed by atoms with van der Waals surface area (Å²) in [5, 5.41) is 3.48. The van der Waals surface area contributed by atoms with Crippen LogP contribution in [0.2, 0.25) is 0 Å². The summed E-state index contributed by atoms with van der Waals surface area (Å²) in [6.45, 7) is 5.43. The normalized spacial score (nSPS) is 10.4. The Balaban J connectivity index is 1.76. The van der Waals surface area contributed by atoms with Crippen LogP contribution in [-0.4, -0.2) is 7.11 Å². The van der Waals surface area contributed by atoms with Gasteiger partial charge in [0.05, 0.1) is 7.11 Å². The topological polar surface area (TPSA) is 30.5 Å². The second-order valence-electron chi connectivity index (χ2n) is 6.38. The number of anilines is 1. The lowest BCUT2D eigenvalue weighted by Crippen LogP contribution is -2.05. The lowest BCUT2D eigenvalue weighted by molar-refractivity contribution is 0.281. The molecule has 134 valence electrons. The van der Waals surface area contributed by atoms with Crippen molar-refractivity contribution in [2.45, 2.75) is 27.0 Å². The predicted molar refractivity (Wildman–Crippen MR) is 107 cm³/mol. The summed E-state index contributed by atoms with van der Waals surface area (Å²) >= 11 is 0. The van der Waals surface area contributed by atoms with Crippen LogP contribution in [0.15, 0.2) is 66.7 Å². The molecule has 0 spiro atoms. The van der Waals surface area contributed by atoms with Crippen molar-refractivity contribution >= 4 is 5.69 Å². The molecule has 0 aliphatic rings. The summed E-state index contributed by atoms with van der Waals surface area (Å²) in [5.41, 5.74) is 5.87. The lowest BCUT2D eigenvalue weighted by Gasteiger charge is -2.16. The smallest absolute Gasteiger partial charge is 0.166 e. The van der Waals surface area contributed by atoms with Gasteiger partial charge in [-0.25, -0.2) is 0 Å². The Hall–Kier alpha value is -2.94. The molecule has 3 rings (SSSR count). The maximum absolute atomic E-state index is 6.11. The molecular weight excluding hydrogens is 322 g/mol. The molecule has 26 heavy (non-hydrogen) atoms. The molecule has 1 N–H and O–H groups in total. The largest absolute Gasteiger partial charge is 0.493 e. The van der Waals surface area contributed by atoms with E-state index in [1.54, 1.807) is 7.11 Å².